The summed E-state index contributed by atoms with van der Waals surface area (Å²) < 4.78 is 26.7. The van der Waals surface area contributed by atoms with Crippen molar-refractivity contribution in [1.29, 1.82) is 0 Å². The number of hydrogen-bond donors (Lipinski definition) is 0. The van der Waals surface area contributed by atoms with E-state index in [2.05, 4.69) is 0 Å². The molecule has 1 aromatic carbocycles. The van der Waals surface area contributed by atoms with Crippen molar-refractivity contribution < 1.29 is 18.0 Å². The zero-order valence-corrected chi connectivity index (χ0v) is 15.3. The first kappa shape index (κ1) is 17.9. The number of carbonyl (C=O) groups excluding carboxylic acids is 2. The molecule has 25 heavy (non-hydrogen) atoms. The molecule has 0 aromatic heterocycles. The SMILES string of the molecule is Cc1ccc(S(=O)(=O)N2C(=O)CC[C@@H]2C(=O)N2CCCCCC2)cc1. The average molecular weight is 364 g/mol. The molecule has 0 spiro atoms. The summed E-state index contributed by atoms with van der Waals surface area (Å²) in [6, 6.07) is 5.46. The molecule has 7 heteroatoms. The van der Waals surface area contributed by atoms with Crippen LogP contribution in [0.4, 0.5) is 0 Å². The van der Waals surface area contributed by atoms with E-state index >= 15 is 0 Å². The van der Waals surface area contributed by atoms with Crippen LogP contribution in [0.5, 0.6) is 0 Å². The highest BCUT2D eigenvalue weighted by Crippen LogP contribution is 2.29. The first-order valence-corrected chi connectivity index (χ1v) is 10.3. The Morgan fingerprint density at radius 1 is 1.04 bits per heavy atom. The third kappa shape index (κ3) is 3.56. The van der Waals surface area contributed by atoms with Gasteiger partial charge in [-0.05, 0) is 38.3 Å². The van der Waals surface area contributed by atoms with Crippen LogP contribution in [0.1, 0.15) is 44.1 Å². The molecule has 2 aliphatic heterocycles. The molecule has 6 nitrogen and oxygen atoms in total. The van der Waals surface area contributed by atoms with Crippen LogP contribution in [-0.4, -0.2) is 48.6 Å². The predicted molar refractivity (Wildman–Crippen MR) is 93.3 cm³/mol. The first-order valence-electron chi connectivity index (χ1n) is 8.84. The van der Waals surface area contributed by atoms with Gasteiger partial charge in [0.1, 0.15) is 6.04 Å². The van der Waals surface area contributed by atoms with Gasteiger partial charge < -0.3 is 4.90 Å². The van der Waals surface area contributed by atoms with Gasteiger partial charge in [-0.3, -0.25) is 9.59 Å². The summed E-state index contributed by atoms with van der Waals surface area (Å²) in [6.45, 7) is 3.15. The molecular weight excluding hydrogens is 340 g/mol. The second-order valence-electron chi connectivity index (χ2n) is 6.80. The second kappa shape index (κ2) is 7.15. The Morgan fingerprint density at radius 2 is 1.64 bits per heavy atom. The molecule has 2 amide bonds. The summed E-state index contributed by atoms with van der Waals surface area (Å²) in [4.78, 5) is 27.0. The topological polar surface area (TPSA) is 74.8 Å². The van der Waals surface area contributed by atoms with Crippen LogP contribution in [0.15, 0.2) is 29.2 Å². The number of nitrogens with zero attached hydrogens (tertiary/aromatic N) is 2. The lowest BCUT2D eigenvalue weighted by atomic mass is 10.2. The maximum atomic E-state index is 13.0. The fourth-order valence-electron chi connectivity index (χ4n) is 3.51. The highest BCUT2D eigenvalue weighted by Gasteiger charge is 2.45. The van der Waals surface area contributed by atoms with Crippen LogP contribution in [0.25, 0.3) is 0 Å². The van der Waals surface area contributed by atoms with Crippen molar-refractivity contribution in [3.8, 4) is 0 Å². The molecule has 2 saturated heterocycles. The molecule has 0 radical (unpaired) electrons. The smallest absolute Gasteiger partial charge is 0.267 e. The van der Waals surface area contributed by atoms with Gasteiger partial charge in [0.15, 0.2) is 0 Å². The van der Waals surface area contributed by atoms with Gasteiger partial charge in [0, 0.05) is 19.5 Å². The van der Waals surface area contributed by atoms with E-state index in [1.165, 1.54) is 12.1 Å². The van der Waals surface area contributed by atoms with Crippen LogP contribution >= 0.6 is 0 Å². The van der Waals surface area contributed by atoms with E-state index in [1.807, 2.05) is 6.92 Å². The Morgan fingerprint density at radius 3 is 2.24 bits per heavy atom. The van der Waals surface area contributed by atoms with Crippen LogP contribution in [0.2, 0.25) is 0 Å². The van der Waals surface area contributed by atoms with E-state index < -0.39 is 22.0 Å². The summed E-state index contributed by atoms with van der Waals surface area (Å²) >= 11 is 0. The number of aryl methyl sites for hydroxylation is 1. The van der Waals surface area contributed by atoms with E-state index in [4.69, 9.17) is 0 Å². The largest absolute Gasteiger partial charge is 0.341 e. The Kier molecular flexibility index (Phi) is 5.13. The van der Waals surface area contributed by atoms with E-state index in [1.54, 1.807) is 17.0 Å². The maximum Gasteiger partial charge on any atom is 0.267 e. The van der Waals surface area contributed by atoms with Gasteiger partial charge in [0.25, 0.3) is 10.0 Å². The highest BCUT2D eigenvalue weighted by molar-refractivity contribution is 7.89. The van der Waals surface area contributed by atoms with Crippen LogP contribution in [-0.2, 0) is 19.6 Å². The normalized spacial score (nSPS) is 22.1. The Bertz CT molecular complexity index is 750. The van der Waals surface area contributed by atoms with E-state index in [-0.39, 0.29) is 23.6 Å². The quantitative estimate of drug-likeness (QED) is 0.823. The Hall–Kier alpha value is -1.89. The Labute approximate surface area is 148 Å². The molecule has 0 bridgehead atoms. The monoisotopic (exact) mass is 364 g/mol. The first-order chi connectivity index (χ1) is 11.9. The van der Waals surface area contributed by atoms with Gasteiger partial charge in [-0.2, -0.15) is 0 Å². The Balaban J connectivity index is 1.88. The second-order valence-corrected chi connectivity index (χ2v) is 8.62. The fourth-order valence-corrected chi connectivity index (χ4v) is 5.11. The third-order valence-corrected chi connectivity index (χ3v) is 6.79. The number of benzene rings is 1. The predicted octanol–water partition coefficient (Wildman–Crippen LogP) is 2.08. The zero-order chi connectivity index (χ0) is 18.0. The summed E-state index contributed by atoms with van der Waals surface area (Å²) in [5, 5.41) is 0. The molecule has 0 saturated carbocycles. The molecule has 0 N–H and O–H groups in total. The maximum absolute atomic E-state index is 13.0. The molecule has 2 fully saturated rings. The molecule has 0 unspecified atom stereocenters. The number of sulfonamides is 1. The molecular formula is C18H24N2O4S. The lowest BCUT2D eigenvalue weighted by molar-refractivity contribution is -0.137. The third-order valence-electron chi connectivity index (χ3n) is 4.94. The number of carbonyl (C=O) groups is 2. The minimum absolute atomic E-state index is 0.0574. The molecule has 0 aliphatic carbocycles. The van der Waals surface area contributed by atoms with Crippen molar-refractivity contribution in [2.24, 2.45) is 0 Å². The highest BCUT2D eigenvalue weighted by atomic mass is 32.2. The molecule has 2 aliphatic rings. The number of rotatable bonds is 3. The van der Waals surface area contributed by atoms with Crippen molar-refractivity contribution >= 4 is 21.8 Å². The number of hydrogen-bond acceptors (Lipinski definition) is 4. The molecule has 1 aromatic rings. The summed E-state index contributed by atoms with van der Waals surface area (Å²) in [5.41, 5.74) is 0.934. The lowest BCUT2D eigenvalue weighted by Crippen LogP contribution is -2.49. The van der Waals surface area contributed by atoms with Crippen LogP contribution in [0, 0.1) is 6.92 Å². The summed E-state index contributed by atoms with van der Waals surface area (Å²) in [5.74, 6) is -0.725. The molecule has 1 atom stereocenters. The van der Waals surface area contributed by atoms with Gasteiger partial charge in [0.2, 0.25) is 11.8 Å². The lowest BCUT2D eigenvalue weighted by Gasteiger charge is -2.29. The fraction of sp³-hybridized carbons (Fsp3) is 0.556. The van der Waals surface area contributed by atoms with Crippen LogP contribution in [0.3, 0.4) is 0 Å². The molecule has 3 rings (SSSR count). The van der Waals surface area contributed by atoms with Gasteiger partial charge >= 0.3 is 0 Å². The number of likely N-dealkylation sites (tertiary alicyclic amines) is 1. The minimum Gasteiger partial charge on any atom is -0.341 e. The molecule has 2 heterocycles. The van der Waals surface area contributed by atoms with Crippen molar-refractivity contribution in [3.63, 3.8) is 0 Å². The van der Waals surface area contributed by atoms with Crippen molar-refractivity contribution in [1.82, 2.24) is 9.21 Å². The van der Waals surface area contributed by atoms with Gasteiger partial charge in [-0.25, -0.2) is 12.7 Å². The van der Waals surface area contributed by atoms with Crippen molar-refractivity contribution in [2.75, 3.05) is 13.1 Å². The van der Waals surface area contributed by atoms with E-state index in [0.717, 1.165) is 35.6 Å². The summed E-state index contributed by atoms with van der Waals surface area (Å²) in [6.07, 6.45) is 4.38. The number of amides is 2. The average Bonchev–Trinajstić information content (AvgIpc) is 2.81. The van der Waals surface area contributed by atoms with Crippen LogP contribution < -0.4 is 0 Å². The van der Waals surface area contributed by atoms with Gasteiger partial charge in [-0.15, -0.1) is 0 Å². The van der Waals surface area contributed by atoms with Gasteiger partial charge in [0.05, 0.1) is 4.90 Å². The van der Waals surface area contributed by atoms with Crippen molar-refractivity contribution in [2.45, 2.75) is 56.4 Å². The van der Waals surface area contributed by atoms with Gasteiger partial charge in [-0.1, -0.05) is 30.5 Å². The van der Waals surface area contributed by atoms with E-state index in [0.29, 0.717) is 13.1 Å². The van der Waals surface area contributed by atoms with Crippen molar-refractivity contribution in [3.05, 3.63) is 29.8 Å². The molecule has 136 valence electrons. The van der Waals surface area contributed by atoms with E-state index in [9.17, 15) is 18.0 Å². The minimum atomic E-state index is -4.01. The summed E-state index contributed by atoms with van der Waals surface area (Å²) in [7, 11) is -4.01. The standard InChI is InChI=1S/C18H24N2O4S/c1-14-6-8-15(9-7-14)25(23,24)20-16(10-11-17(20)21)18(22)19-12-4-2-3-5-13-19/h6-9,16H,2-5,10-13H2,1H3/t16-/m1/s1. The zero-order valence-electron chi connectivity index (χ0n) is 14.5.